The molecule has 7 nitrogen and oxygen atoms in total. The number of hydrogen-bond acceptors (Lipinski definition) is 7. The van der Waals surface area contributed by atoms with Crippen molar-refractivity contribution in [2.75, 3.05) is 0 Å². The lowest BCUT2D eigenvalue weighted by atomic mass is 9.99. The van der Waals surface area contributed by atoms with Crippen LogP contribution in [0.1, 0.15) is 5.01 Å². The molecular formula is C25H16N6OS. The average Bonchev–Trinajstić information content (AvgIpc) is 3.29. The van der Waals surface area contributed by atoms with Crippen molar-refractivity contribution in [2.24, 2.45) is 0 Å². The first-order valence-corrected chi connectivity index (χ1v) is 11.1. The molecule has 1 aromatic carbocycles. The smallest absolute Gasteiger partial charge is 0.257 e. The third-order valence-electron chi connectivity index (χ3n) is 5.47. The van der Waals surface area contributed by atoms with Crippen LogP contribution in [0.5, 0.6) is 0 Å². The zero-order valence-corrected chi connectivity index (χ0v) is 18.3. The minimum atomic E-state index is -0.235. The lowest BCUT2D eigenvalue weighted by Crippen LogP contribution is -2.10. The second-order valence-electron chi connectivity index (χ2n) is 7.62. The molecule has 0 fully saturated rings. The normalized spacial score (nSPS) is 11.3. The Morgan fingerprint density at radius 2 is 1.73 bits per heavy atom. The maximum Gasteiger partial charge on any atom is 0.257 e. The van der Waals surface area contributed by atoms with Gasteiger partial charge in [0, 0.05) is 46.7 Å². The number of aromatic nitrogens is 6. The van der Waals surface area contributed by atoms with Crippen LogP contribution in [0.3, 0.4) is 0 Å². The van der Waals surface area contributed by atoms with Gasteiger partial charge in [0.1, 0.15) is 12.0 Å². The number of pyridine rings is 3. The molecule has 0 aliphatic heterocycles. The summed E-state index contributed by atoms with van der Waals surface area (Å²) < 4.78 is 0. The highest BCUT2D eigenvalue weighted by Crippen LogP contribution is 2.36. The summed E-state index contributed by atoms with van der Waals surface area (Å²) >= 11 is 1.57. The standard InChI is InChI=1S/C25H16N6OS/c1-14-29-12-22(33-14)23-19(15-4-5-21-16(7-15)3-2-6-28-21)8-17-9-20(18-10-26-13-27-11-18)25(32)31-24(17)30-23/h2-13H,1H3,(H,30,31,32). The van der Waals surface area contributed by atoms with Gasteiger partial charge in [-0.1, -0.05) is 12.1 Å². The van der Waals surface area contributed by atoms with Gasteiger partial charge >= 0.3 is 0 Å². The second-order valence-corrected chi connectivity index (χ2v) is 8.85. The second kappa shape index (κ2) is 7.68. The Morgan fingerprint density at radius 1 is 0.879 bits per heavy atom. The van der Waals surface area contributed by atoms with E-state index in [0.717, 1.165) is 43.0 Å². The Morgan fingerprint density at radius 3 is 2.55 bits per heavy atom. The van der Waals surface area contributed by atoms with Crippen LogP contribution >= 0.6 is 11.3 Å². The van der Waals surface area contributed by atoms with E-state index in [4.69, 9.17) is 4.98 Å². The average molecular weight is 449 g/mol. The summed E-state index contributed by atoms with van der Waals surface area (Å²) in [7, 11) is 0. The van der Waals surface area contributed by atoms with Gasteiger partial charge in [0.2, 0.25) is 0 Å². The highest BCUT2D eigenvalue weighted by molar-refractivity contribution is 7.15. The molecule has 0 unspecified atom stereocenters. The number of rotatable bonds is 3. The van der Waals surface area contributed by atoms with Crippen LogP contribution in [0.25, 0.3) is 54.8 Å². The SMILES string of the molecule is Cc1ncc(-c2nc3[nH]c(=O)c(-c4cncnc4)cc3cc2-c2ccc3ncccc3c2)s1. The Hall–Kier alpha value is -4.30. The first-order chi connectivity index (χ1) is 16.2. The van der Waals surface area contributed by atoms with Crippen LogP contribution in [-0.2, 0) is 0 Å². The van der Waals surface area contributed by atoms with Gasteiger partial charge in [0.25, 0.3) is 5.56 Å². The predicted molar refractivity (Wildman–Crippen MR) is 130 cm³/mol. The molecule has 0 aliphatic carbocycles. The van der Waals surface area contributed by atoms with E-state index < -0.39 is 0 Å². The predicted octanol–water partition coefficient (Wildman–Crippen LogP) is 5.03. The minimum absolute atomic E-state index is 0.235. The number of fused-ring (bicyclic) bond motifs is 2. The van der Waals surface area contributed by atoms with Crippen molar-refractivity contribution in [3.8, 4) is 32.8 Å². The molecule has 0 amide bonds. The number of H-pyrrole nitrogens is 1. The molecule has 33 heavy (non-hydrogen) atoms. The van der Waals surface area contributed by atoms with Crippen molar-refractivity contribution in [1.29, 1.82) is 0 Å². The van der Waals surface area contributed by atoms with Gasteiger partial charge in [-0.15, -0.1) is 11.3 Å². The Labute approximate surface area is 191 Å². The Balaban J connectivity index is 1.63. The van der Waals surface area contributed by atoms with Gasteiger partial charge in [-0.05, 0) is 42.8 Å². The van der Waals surface area contributed by atoms with Gasteiger partial charge in [-0.3, -0.25) is 9.78 Å². The van der Waals surface area contributed by atoms with Crippen LogP contribution in [0.2, 0.25) is 0 Å². The lowest BCUT2D eigenvalue weighted by molar-refractivity contribution is 1.16. The molecule has 0 saturated carbocycles. The number of hydrogen-bond donors (Lipinski definition) is 1. The van der Waals surface area contributed by atoms with Crippen LogP contribution in [0.4, 0.5) is 0 Å². The molecule has 0 aliphatic rings. The maximum absolute atomic E-state index is 12.8. The van der Waals surface area contributed by atoms with Gasteiger partial charge in [0.05, 0.1) is 26.7 Å². The monoisotopic (exact) mass is 448 g/mol. The van der Waals surface area contributed by atoms with E-state index in [1.165, 1.54) is 6.33 Å². The molecule has 0 saturated heterocycles. The number of benzene rings is 1. The number of nitrogens with one attached hydrogen (secondary N) is 1. The quantitative estimate of drug-likeness (QED) is 0.408. The van der Waals surface area contributed by atoms with Crippen LogP contribution in [0.15, 0.2) is 78.4 Å². The number of thiazole rings is 1. The third-order valence-corrected chi connectivity index (χ3v) is 6.39. The summed E-state index contributed by atoms with van der Waals surface area (Å²) in [6.45, 7) is 1.96. The number of aromatic amines is 1. The molecule has 5 heterocycles. The number of aryl methyl sites for hydroxylation is 1. The number of nitrogens with zero attached hydrogens (tertiary/aromatic N) is 5. The summed E-state index contributed by atoms with van der Waals surface area (Å²) in [5.74, 6) is 0. The highest BCUT2D eigenvalue weighted by atomic mass is 32.1. The Bertz CT molecular complexity index is 1710. The van der Waals surface area contributed by atoms with E-state index in [0.29, 0.717) is 16.8 Å². The summed E-state index contributed by atoms with van der Waals surface area (Å²) in [5, 5.41) is 2.82. The molecule has 5 aromatic heterocycles. The first-order valence-electron chi connectivity index (χ1n) is 10.3. The molecule has 0 spiro atoms. The molecule has 1 N–H and O–H groups in total. The first kappa shape index (κ1) is 19.4. The van der Waals surface area contributed by atoms with Crippen LogP contribution in [-0.4, -0.2) is 29.9 Å². The summed E-state index contributed by atoms with van der Waals surface area (Å²) in [4.78, 5) is 38.5. The van der Waals surface area contributed by atoms with Gasteiger partial charge in [-0.2, -0.15) is 0 Å². The largest absolute Gasteiger partial charge is 0.306 e. The van der Waals surface area contributed by atoms with Crippen molar-refractivity contribution in [3.63, 3.8) is 0 Å². The molecule has 6 rings (SSSR count). The molecule has 6 aromatic rings. The maximum atomic E-state index is 12.8. The van der Waals surface area contributed by atoms with Gasteiger partial charge < -0.3 is 4.98 Å². The molecule has 0 atom stereocenters. The van der Waals surface area contributed by atoms with Crippen molar-refractivity contribution in [2.45, 2.75) is 6.92 Å². The third kappa shape index (κ3) is 3.46. The minimum Gasteiger partial charge on any atom is -0.306 e. The van der Waals surface area contributed by atoms with E-state index in [2.05, 4.69) is 37.1 Å². The van der Waals surface area contributed by atoms with Crippen LogP contribution in [0, 0.1) is 6.92 Å². The summed E-state index contributed by atoms with van der Waals surface area (Å²) in [5.41, 5.74) is 5.12. The molecular weight excluding hydrogens is 432 g/mol. The van der Waals surface area contributed by atoms with Crippen molar-refractivity contribution in [1.82, 2.24) is 29.9 Å². The fourth-order valence-corrected chi connectivity index (χ4v) is 4.69. The van der Waals surface area contributed by atoms with Gasteiger partial charge in [-0.25, -0.2) is 19.9 Å². The molecule has 0 bridgehead atoms. The fourth-order valence-electron chi connectivity index (χ4n) is 3.91. The van der Waals surface area contributed by atoms with E-state index in [1.807, 2.05) is 43.5 Å². The van der Waals surface area contributed by atoms with Crippen LogP contribution < -0.4 is 5.56 Å². The highest BCUT2D eigenvalue weighted by Gasteiger charge is 2.16. The zero-order chi connectivity index (χ0) is 22.4. The fraction of sp³-hybridized carbons (Fsp3) is 0.0400. The van der Waals surface area contributed by atoms with Crippen molar-refractivity contribution < 1.29 is 0 Å². The van der Waals surface area contributed by atoms with Crippen molar-refractivity contribution >= 4 is 33.3 Å². The lowest BCUT2D eigenvalue weighted by Gasteiger charge is -2.11. The van der Waals surface area contributed by atoms with E-state index in [-0.39, 0.29) is 5.56 Å². The summed E-state index contributed by atoms with van der Waals surface area (Å²) in [6.07, 6.45) is 8.31. The van der Waals surface area contributed by atoms with Crippen molar-refractivity contribution in [3.05, 3.63) is 88.9 Å². The van der Waals surface area contributed by atoms with E-state index in [9.17, 15) is 4.79 Å². The van der Waals surface area contributed by atoms with E-state index in [1.54, 1.807) is 29.9 Å². The van der Waals surface area contributed by atoms with E-state index >= 15 is 0 Å². The molecule has 0 radical (unpaired) electrons. The van der Waals surface area contributed by atoms with Gasteiger partial charge in [0.15, 0.2) is 0 Å². The summed E-state index contributed by atoms with van der Waals surface area (Å²) in [6, 6.07) is 14.0. The molecule has 158 valence electrons. The molecule has 8 heteroatoms. The Kier molecular flexibility index (Phi) is 4.51. The zero-order valence-electron chi connectivity index (χ0n) is 17.5. The topological polar surface area (TPSA) is 97.3 Å².